The number of thioether (sulfide) groups is 1. The predicted molar refractivity (Wildman–Crippen MR) is 66.2 cm³/mol. The molecule has 0 aliphatic carbocycles. The summed E-state index contributed by atoms with van der Waals surface area (Å²) in [6, 6.07) is 3.45. The molecule has 0 fully saturated rings. The van der Waals surface area contributed by atoms with Gasteiger partial charge < -0.3 is 14.8 Å². The molecule has 16 heavy (non-hydrogen) atoms. The van der Waals surface area contributed by atoms with Crippen molar-refractivity contribution < 1.29 is 14.3 Å². The molecule has 6 heteroatoms. The highest BCUT2D eigenvalue weighted by molar-refractivity contribution is 7.98. The molecule has 0 aromatic heterocycles. The van der Waals surface area contributed by atoms with Gasteiger partial charge in [0.05, 0.1) is 24.8 Å². The molecule has 1 N–H and O–H groups in total. The Bertz CT molecular complexity index is 398. The highest BCUT2D eigenvalue weighted by Gasteiger charge is 2.11. The smallest absolute Gasteiger partial charge is 0.318 e. The number of hydrogen-bond donors (Lipinski definition) is 1. The summed E-state index contributed by atoms with van der Waals surface area (Å²) in [6.45, 7) is 0. The van der Waals surface area contributed by atoms with Crippen molar-refractivity contribution in [2.45, 2.75) is 4.90 Å². The van der Waals surface area contributed by atoms with Crippen LogP contribution in [0.3, 0.4) is 0 Å². The van der Waals surface area contributed by atoms with Gasteiger partial charge in [-0.1, -0.05) is 0 Å². The molecule has 0 saturated heterocycles. The number of carbonyl (C=O) groups is 1. The van der Waals surface area contributed by atoms with E-state index in [1.54, 1.807) is 19.2 Å². The summed E-state index contributed by atoms with van der Waals surface area (Å²) in [5, 5.41) is 1.79. The molecule has 1 aromatic rings. The molecule has 0 unspecified atom stereocenters. The van der Waals surface area contributed by atoms with Gasteiger partial charge in [0.15, 0.2) is 0 Å². The van der Waals surface area contributed by atoms with Crippen molar-refractivity contribution in [1.29, 1.82) is 0 Å². The molecule has 1 rings (SSSR count). The molecule has 4 nitrogen and oxygen atoms in total. The number of hydrogen-bond acceptors (Lipinski definition) is 4. The van der Waals surface area contributed by atoms with E-state index in [-0.39, 0.29) is 0 Å². The van der Waals surface area contributed by atoms with Gasteiger partial charge in [-0.25, -0.2) is 0 Å². The molecule has 0 spiro atoms. The van der Waals surface area contributed by atoms with Crippen LogP contribution >= 0.6 is 23.4 Å². The van der Waals surface area contributed by atoms with Gasteiger partial charge >= 0.3 is 5.37 Å². The molecule has 0 radical (unpaired) electrons. The number of amides is 1. The minimum absolute atomic E-state index is 0.483. The number of anilines is 1. The minimum atomic E-state index is -0.669. The predicted octanol–water partition coefficient (Wildman–Crippen LogP) is 3.20. The quantitative estimate of drug-likeness (QED) is 0.514. The first kappa shape index (κ1) is 13.0. The van der Waals surface area contributed by atoms with Gasteiger partial charge in [-0.2, -0.15) is 0 Å². The van der Waals surface area contributed by atoms with Crippen LogP contribution in [-0.2, 0) is 0 Å². The second kappa shape index (κ2) is 5.86. The fourth-order valence-corrected chi connectivity index (χ4v) is 1.90. The number of halogens is 1. The van der Waals surface area contributed by atoms with Crippen LogP contribution in [0.5, 0.6) is 11.5 Å². The van der Waals surface area contributed by atoms with Crippen LogP contribution in [-0.4, -0.2) is 25.8 Å². The molecule has 0 saturated carbocycles. The average molecular weight is 262 g/mol. The molecule has 0 heterocycles. The Morgan fingerprint density at radius 3 is 2.38 bits per heavy atom. The molecule has 0 aliphatic heterocycles. The lowest BCUT2D eigenvalue weighted by atomic mass is 10.2. The second-order valence-electron chi connectivity index (χ2n) is 2.81. The van der Waals surface area contributed by atoms with Crippen LogP contribution in [0.1, 0.15) is 0 Å². The number of nitrogens with one attached hydrogen (secondary N) is 1. The van der Waals surface area contributed by atoms with Crippen molar-refractivity contribution >= 4 is 34.4 Å². The average Bonchev–Trinajstić information content (AvgIpc) is 2.27. The third-order valence-corrected chi connectivity index (χ3v) is 2.79. The van der Waals surface area contributed by atoms with Crippen molar-refractivity contribution in [3.05, 3.63) is 12.1 Å². The molecular weight excluding hydrogens is 250 g/mol. The van der Waals surface area contributed by atoms with E-state index in [0.29, 0.717) is 17.2 Å². The first-order valence-corrected chi connectivity index (χ1v) is 5.99. The zero-order valence-corrected chi connectivity index (χ0v) is 10.7. The Kier molecular flexibility index (Phi) is 4.76. The Morgan fingerprint density at radius 1 is 1.31 bits per heavy atom. The minimum Gasteiger partial charge on any atom is -0.496 e. The van der Waals surface area contributed by atoms with Crippen molar-refractivity contribution in [2.75, 3.05) is 25.8 Å². The number of benzene rings is 1. The van der Waals surface area contributed by atoms with E-state index in [1.165, 1.54) is 18.9 Å². The van der Waals surface area contributed by atoms with Gasteiger partial charge in [-0.15, -0.1) is 11.8 Å². The Hall–Kier alpha value is -1.07. The lowest BCUT2D eigenvalue weighted by Crippen LogP contribution is -2.03. The van der Waals surface area contributed by atoms with Crippen molar-refractivity contribution in [3.8, 4) is 11.5 Å². The zero-order valence-electron chi connectivity index (χ0n) is 9.17. The summed E-state index contributed by atoms with van der Waals surface area (Å²) >= 11 is 6.79. The third-order valence-electron chi connectivity index (χ3n) is 1.94. The SMILES string of the molecule is COc1cc(SC)c(OC)cc1NC(=O)Cl. The van der Waals surface area contributed by atoms with E-state index in [9.17, 15) is 4.79 Å². The Morgan fingerprint density at radius 2 is 1.94 bits per heavy atom. The monoisotopic (exact) mass is 261 g/mol. The lowest BCUT2D eigenvalue weighted by molar-refractivity contribution is 0.268. The molecular formula is C10H12ClNO3S. The maximum atomic E-state index is 10.8. The standard InChI is InChI=1S/C10H12ClNO3S/c1-14-7-5-9(16-3)8(15-2)4-6(7)12-10(11)13/h4-5H,1-3H3,(H,12,13). The molecule has 0 bridgehead atoms. The van der Waals surface area contributed by atoms with Crippen LogP contribution in [0.4, 0.5) is 10.5 Å². The maximum Gasteiger partial charge on any atom is 0.318 e. The summed E-state index contributed by atoms with van der Waals surface area (Å²) < 4.78 is 10.3. The fourth-order valence-electron chi connectivity index (χ4n) is 1.23. The Balaban J connectivity index is 3.20. The highest BCUT2D eigenvalue weighted by Crippen LogP contribution is 2.37. The fraction of sp³-hybridized carbons (Fsp3) is 0.300. The van der Waals surface area contributed by atoms with E-state index in [0.717, 1.165) is 4.90 Å². The molecule has 0 aliphatic rings. The van der Waals surface area contributed by atoms with Gasteiger partial charge in [-0.3, -0.25) is 4.79 Å². The Labute approximate surface area is 103 Å². The van der Waals surface area contributed by atoms with E-state index in [2.05, 4.69) is 5.32 Å². The maximum absolute atomic E-state index is 10.8. The number of carbonyl (C=O) groups excluding carboxylic acids is 1. The van der Waals surface area contributed by atoms with Crippen LogP contribution < -0.4 is 14.8 Å². The first-order valence-electron chi connectivity index (χ1n) is 4.38. The number of rotatable bonds is 4. The van der Waals surface area contributed by atoms with Crippen molar-refractivity contribution in [3.63, 3.8) is 0 Å². The summed E-state index contributed by atoms with van der Waals surface area (Å²) in [4.78, 5) is 11.7. The summed E-state index contributed by atoms with van der Waals surface area (Å²) in [5.41, 5.74) is 0.483. The lowest BCUT2D eigenvalue weighted by Gasteiger charge is -2.13. The second-order valence-corrected chi connectivity index (χ2v) is 4.00. The highest BCUT2D eigenvalue weighted by atomic mass is 35.5. The van der Waals surface area contributed by atoms with Crippen molar-refractivity contribution in [1.82, 2.24) is 0 Å². The molecule has 1 aromatic carbocycles. The van der Waals surface area contributed by atoms with E-state index in [1.807, 2.05) is 6.26 Å². The van der Waals surface area contributed by atoms with E-state index < -0.39 is 5.37 Å². The van der Waals surface area contributed by atoms with Crippen LogP contribution in [0.25, 0.3) is 0 Å². The molecule has 88 valence electrons. The van der Waals surface area contributed by atoms with Crippen LogP contribution in [0.15, 0.2) is 17.0 Å². The summed E-state index contributed by atoms with van der Waals surface area (Å²) in [7, 11) is 3.09. The molecule has 1 amide bonds. The van der Waals surface area contributed by atoms with Gasteiger partial charge in [0.2, 0.25) is 0 Å². The normalized spacial score (nSPS) is 9.75. The molecule has 0 atom stereocenters. The summed E-state index contributed by atoms with van der Waals surface area (Å²) in [5.74, 6) is 1.20. The largest absolute Gasteiger partial charge is 0.496 e. The topological polar surface area (TPSA) is 47.6 Å². The van der Waals surface area contributed by atoms with Gasteiger partial charge in [0, 0.05) is 6.07 Å². The van der Waals surface area contributed by atoms with Gasteiger partial charge in [0.25, 0.3) is 0 Å². The van der Waals surface area contributed by atoms with Crippen molar-refractivity contribution in [2.24, 2.45) is 0 Å². The summed E-state index contributed by atoms with van der Waals surface area (Å²) in [6.07, 6.45) is 1.93. The number of methoxy groups -OCH3 is 2. The van der Waals surface area contributed by atoms with Crippen LogP contribution in [0, 0.1) is 0 Å². The first-order chi connectivity index (χ1) is 7.62. The third kappa shape index (κ3) is 2.96. The van der Waals surface area contributed by atoms with Crippen LogP contribution in [0.2, 0.25) is 0 Å². The number of ether oxygens (including phenoxy) is 2. The van der Waals surface area contributed by atoms with E-state index in [4.69, 9.17) is 21.1 Å². The van der Waals surface area contributed by atoms with Gasteiger partial charge in [-0.05, 0) is 23.9 Å². The zero-order chi connectivity index (χ0) is 12.1. The van der Waals surface area contributed by atoms with Gasteiger partial charge in [0.1, 0.15) is 11.5 Å². The van der Waals surface area contributed by atoms with E-state index >= 15 is 0 Å².